The number of nitrogens with one attached hydrogen (secondary N) is 1. The maximum atomic E-state index is 12.2. The highest BCUT2D eigenvalue weighted by atomic mass is 35.5. The largest absolute Gasteiger partial charge is 0.283 e. The second kappa shape index (κ2) is 6.30. The van der Waals surface area contributed by atoms with Gasteiger partial charge in [0, 0.05) is 10.1 Å². The highest BCUT2D eigenvalue weighted by molar-refractivity contribution is 7.21. The van der Waals surface area contributed by atoms with Crippen molar-refractivity contribution in [1.29, 1.82) is 0 Å². The molecule has 0 unspecified atom stereocenters. The van der Waals surface area contributed by atoms with Crippen molar-refractivity contribution in [3.8, 4) is 0 Å². The van der Waals surface area contributed by atoms with Gasteiger partial charge in [-0.15, -0.1) is 11.3 Å². The Morgan fingerprint density at radius 3 is 2.64 bits per heavy atom. The normalized spacial score (nSPS) is 11.2. The Morgan fingerprint density at radius 1 is 1.18 bits per heavy atom. The predicted octanol–water partition coefficient (Wildman–Crippen LogP) is 4.63. The Hall–Kier alpha value is -2.17. The summed E-state index contributed by atoms with van der Waals surface area (Å²) in [5.74, 6) is -0.297. The molecule has 3 rings (SSSR count). The number of carbonyl (C=O) groups excluding carboxylic acids is 1. The Morgan fingerprint density at radius 2 is 1.91 bits per heavy atom. The molecule has 1 aromatic heterocycles. The average molecular weight is 329 g/mol. The molecule has 3 aromatic rings. The summed E-state index contributed by atoms with van der Waals surface area (Å²) in [4.78, 5) is 12.7. The number of nitrogens with zero attached hydrogens (tertiary/aromatic N) is 1. The molecule has 0 fully saturated rings. The number of amides is 1. The van der Waals surface area contributed by atoms with Gasteiger partial charge in [0.15, 0.2) is 0 Å². The number of aryl methyl sites for hydroxylation is 1. The Labute approximate surface area is 137 Å². The van der Waals surface area contributed by atoms with Gasteiger partial charge in [-0.05, 0) is 18.6 Å². The minimum absolute atomic E-state index is 0.297. The minimum atomic E-state index is -0.297. The van der Waals surface area contributed by atoms with Crippen LogP contribution in [-0.2, 0) is 0 Å². The molecule has 22 heavy (non-hydrogen) atoms. The number of carbonyl (C=O) groups is 1. The molecule has 0 aliphatic rings. The van der Waals surface area contributed by atoms with Gasteiger partial charge in [0.2, 0.25) is 0 Å². The highest BCUT2D eigenvalue weighted by Gasteiger charge is 2.16. The van der Waals surface area contributed by atoms with E-state index < -0.39 is 0 Å². The van der Waals surface area contributed by atoms with Crippen molar-refractivity contribution in [1.82, 2.24) is 5.43 Å². The first-order valence-corrected chi connectivity index (χ1v) is 7.92. The van der Waals surface area contributed by atoms with Crippen LogP contribution in [0.1, 0.15) is 20.8 Å². The number of halogens is 1. The second-order valence-corrected chi connectivity index (χ2v) is 6.28. The zero-order valence-corrected chi connectivity index (χ0v) is 13.4. The van der Waals surface area contributed by atoms with E-state index in [2.05, 4.69) is 10.5 Å². The maximum absolute atomic E-state index is 12.2. The standard InChI is InChI=1S/C17H13ClN2OS/c1-11-6-8-12(9-7-11)10-19-20-17(21)16-15(18)13-4-2-3-5-14(13)22-16/h2-10H,1H3,(H,20,21)/b19-10-. The first kappa shape index (κ1) is 14.8. The third-order valence-electron chi connectivity index (χ3n) is 3.20. The molecule has 0 saturated carbocycles. The molecular formula is C17H13ClN2OS. The van der Waals surface area contributed by atoms with E-state index in [1.54, 1.807) is 6.21 Å². The van der Waals surface area contributed by atoms with Crippen molar-refractivity contribution in [3.05, 3.63) is 69.6 Å². The molecule has 1 heterocycles. The Balaban J connectivity index is 1.76. The van der Waals surface area contributed by atoms with Crippen LogP contribution in [0.5, 0.6) is 0 Å². The molecule has 1 amide bonds. The number of rotatable bonds is 3. The molecule has 5 heteroatoms. The lowest BCUT2D eigenvalue weighted by atomic mass is 10.2. The van der Waals surface area contributed by atoms with Crippen LogP contribution in [0, 0.1) is 6.92 Å². The van der Waals surface area contributed by atoms with Crippen LogP contribution >= 0.6 is 22.9 Å². The molecule has 3 nitrogen and oxygen atoms in total. The molecule has 2 aromatic carbocycles. The van der Waals surface area contributed by atoms with Gasteiger partial charge in [-0.1, -0.05) is 59.6 Å². The van der Waals surface area contributed by atoms with Crippen LogP contribution in [0.15, 0.2) is 53.6 Å². The van der Waals surface area contributed by atoms with Gasteiger partial charge in [0.25, 0.3) is 5.91 Å². The number of hydrogen-bond donors (Lipinski definition) is 1. The van der Waals surface area contributed by atoms with E-state index in [-0.39, 0.29) is 5.91 Å². The van der Waals surface area contributed by atoms with Crippen LogP contribution < -0.4 is 5.43 Å². The molecule has 0 spiro atoms. The lowest BCUT2D eigenvalue weighted by Gasteiger charge is -1.98. The van der Waals surface area contributed by atoms with Crippen molar-refractivity contribution in [2.45, 2.75) is 6.92 Å². The van der Waals surface area contributed by atoms with Crippen LogP contribution in [0.2, 0.25) is 5.02 Å². The summed E-state index contributed by atoms with van der Waals surface area (Å²) in [6.45, 7) is 2.02. The second-order valence-electron chi connectivity index (χ2n) is 4.85. The fourth-order valence-corrected chi connectivity index (χ4v) is 3.44. The molecule has 0 atom stereocenters. The fraction of sp³-hybridized carbons (Fsp3) is 0.0588. The number of benzene rings is 2. The topological polar surface area (TPSA) is 41.5 Å². The predicted molar refractivity (Wildman–Crippen MR) is 93.1 cm³/mol. The lowest BCUT2D eigenvalue weighted by molar-refractivity contribution is 0.0959. The zero-order valence-electron chi connectivity index (χ0n) is 11.8. The molecule has 0 aliphatic carbocycles. The summed E-state index contributed by atoms with van der Waals surface area (Å²) in [5.41, 5.74) is 4.62. The molecular weight excluding hydrogens is 316 g/mol. The maximum Gasteiger partial charge on any atom is 0.283 e. The zero-order chi connectivity index (χ0) is 15.5. The SMILES string of the molecule is Cc1ccc(/C=N\NC(=O)c2sc3ccccc3c2Cl)cc1. The van der Waals surface area contributed by atoms with Gasteiger partial charge >= 0.3 is 0 Å². The van der Waals surface area contributed by atoms with Crippen molar-refractivity contribution >= 4 is 45.1 Å². The summed E-state index contributed by atoms with van der Waals surface area (Å²) in [6.07, 6.45) is 1.61. The summed E-state index contributed by atoms with van der Waals surface area (Å²) in [7, 11) is 0. The molecule has 0 aliphatic heterocycles. The van der Waals surface area contributed by atoms with Crippen LogP contribution in [0.25, 0.3) is 10.1 Å². The van der Waals surface area contributed by atoms with Crippen LogP contribution in [0.3, 0.4) is 0 Å². The van der Waals surface area contributed by atoms with E-state index in [1.165, 1.54) is 16.9 Å². The van der Waals surface area contributed by atoms with Gasteiger partial charge < -0.3 is 0 Å². The minimum Gasteiger partial charge on any atom is -0.266 e. The summed E-state index contributed by atoms with van der Waals surface area (Å²) in [5, 5.41) is 5.35. The van der Waals surface area contributed by atoms with Crippen molar-refractivity contribution in [2.75, 3.05) is 0 Å². The van der Waals surface area contributed by atoms with Gasteiger partial charge in [0.05, 0.1) is 11.2 Å². The molecule has 0 radical (unpaired) electrons. The quantitative estimate of drug-likeness (QED) is 0.553. The van der Waals surface area contributed by atoms with E-state index in [1.807, 2.05) is 55.5 Å². The Kier molecular flexibility index (Phi) is 4.22. The van der Waals surface area contributed by atoms with Gasteiger partial charge in [-0.25, -0.2) is 5.43 Å². The highest BCUT2D eigenvalue weighted by Crippen LogP contribution is 2.34. The Bertz CT molecular complexity index is 853. The lowest BCUT2D eigenvalue weighted by Crippen LogP contribution is -2.16. The summed E-state index contributed by atoms with van der Waals surface area (Å²) < 4.78 is 0.986. The molecule has 1 N–H and O–H groups in total. The van der Waals surface area contributed by atoms with Gasteiger partial charge in [-0.2, -0.15) is 5.10 Å². The monoisotopic (exact) mass is 328 g/mol. The molecule has 110 valence electrons. The van der Waals surface area contributed by atoms with E-state index in [9.17, 15) is 4.79 Å². The summed E-state index contributed by atoms with van der Waals surface area (Å²) >= 11 is 7.63. The van der Waals surface area contributed by atoms with E-state index in [4.69, 9.17) is 11.6 Å². The average Bonchev–Trinajstić information content (AvgIpc) is 2.87. The first-order chi connectivity index (χ1) is 10.6. The van der Waals surface area contributed by atoms with Crippen LogP contribution in [-0.4, -0.2) is 12.1 Å². The molecule has 0 saturated heterocycles. The van der Waals surface area contributed by atoms with E-state index in [0.29, 0.717) is 9.90 Å². The third-order valence-corrected chi connectivity index (χ3v) is 4.87. The smallest absolute Gasteiger partial charge is 0.266 e. The number of hydrazone groups is 1. The van der Waals surface area contributed by atoms with Gasteiger partial charge in [0.1, 0.15) is 4.88 Å². The summed E-state index contributed by atoms with van der Waals surface area (Å²) in [6, 6.07) is 15.5. The third kappa shape index (κ3) is 3.03. The number of hydrogen-bond acceptors (Lipinski definition) is 3. The van der Waals surface area contributed by atoms with E-state index >= 15 is 0 Å². The number of fused-ring (bicyclic) bond motifs is 1. The first-order valence-electron chi connectivity index (χ1n) is 6.72. The van der Waals surface area contributed by atoms with Crippen molar-refractivity contribution in [2.24, 2.45) is 5.10 Å². The number of thiophene rings is 1. The van der Waals surface area contributed by atoms with Crippen molar-refractivity contribution in [3.63, 3.8) is 0 Å². The van der Waals surface area contributed by atoms with Crippen molar-refractivity contribution < 1.29 is 4.79 Å². The van der Waals surface area contributed by atoms with E-state index in [0.717, 1.165) is 15.6 Å². The fourth-order valence-electron chi connectivity index (χ4n) is 2.03. The molecule has 0 bridgehead atoms. The van der Waals surface area contributed by atoms with Crippen LogP contribution in [0.4, 0.5) is 0 Å². The van der Waals surface area contributed by atoms with Gasteiger partial charge in [-0.3, -0.25) is 4.79 Å².